The molecule has 0 bridgehead atoms. The van der Waals surface area contributed by atoms with Crippen LogP contribution in [0.3, 0.4) is 0 Å². The van der Waals surface area contributed by atoms with E-state index in [0.29, 0.717) is 19.8 Å². The molecule has 190 valence electrons. The van der Waals surface area contributed by atoms with E-state index in [2.05, 4.69) is 4.98 Å². The maximum atomic E-state index is 11.6. The molecule has 0 unspecified atom stereocenters. The van der Waals surface area contributed by atoms with Crippen molar-refractivity contribution in [3.8, 4) is 10.6 Å². The van der Waals surface area contributed by atoms with Gasteiger partial charge in [-0.05, 0) is 31.5 Å². The molecule has 4 N–H and O–H groups in total. The molecule has 9 nitrogen and oxygen atoms in total. The summed E-state index contributed by atoms with van der Waals surface area (Å²) in [7, 11) is -3.21. The molecule has 4 atom stereocenters. The number of aliphatic hydroxyl groups is 4. The summed E-state index contributed by atoms with van der Waals surface area (Å²) >= 11 is 1.49. The SMILES string of the molecule is CS(=O)(=O)c1ccc(-c2nc(COCCCCCCN3C[C@H](O)[C@@H](O)[C@H](O)[C@@H](O)C3)cs2)cc1. The molecule has 0 amide bonds. The van der Waals surface area contributed by atoms with Crippen molar-refractivity contribution in [2.75, 3.05) is 32.5 Å². The van der Waals surface area contributed by atoms with Crippen LogP contribution in [0, 0.1) is 0 Å². The van der Waals surface area contributed by atoms with Crippen molar-refractivity contribution in [1.82, 2.24) is 9.88 Å². The lowest BCUT2D eigenvalue weighted by atomic mass is 10.1. The average molecular weight is 515 g/mol. The number of rotatable bonds is 11. The predicted molar refractivity (Wildman–Crippen MR) is 129 cm³/mol. The standard InChI is InChI=1S/C23H34N2O7S2/c1-34(30,31)18-8-6-16(7-9-18)23-24-17(15-33-23)14-32-11-5-3-2-4-10-25-12-19(26)21(28)22(29)20(27)13-25/h6-9,15,19-22,26-29H,2-5,10-14H2,1H3/t19-,20-,21+,22+/m0/s1. The Labute approximate surface area is 204 Å². The second kappa shape index (κ2) is 12.5. The zero-order chi connectivity index (χ0) is 24.7. The summed E-state index contributed by atoms with van der Waals surface area (Å²) in [6.07, 6.45) is 0.146. The first-order chi connectivity index (χ1) is 16.1. The highest BCUT2D eigenvalue weighted by Crippen LogP contribution is 2.25. The largest absolute Gasteiger partial charge is 0.389 e. The molecule has 11 heteroatoms. The minimum absolute atomic E-state index is 0.232. The van der Waals surface area contributed by atoms with Crippen LogP contribution in [0.1, 0.15) is 31.4 Å². The zero-order valence-electron chi connectivity index (χ0n) is 19.3. The number of aromatic nitrogens is 1. The molecule has 1 fully saturated rings. The Kier molecular flexibility index (Phi) is 9.98. The summed E-state index contributed by atoms with van der Waals surface area (Å²) < 4.78 is 28.9. The minimum Gasteiger partial charge on any atom is -0.389 e. The van der Waals surface area contributed by atoms with Crippen molar-refractivity contribution < 1.29 is 33.6 Å². The van der Waals surface area contributed by atoms with Gasteiger partial charge in [-0.15, -0.1) is 11.3 Å². The maximum Gasteiger partial charge on any atom is 0.175 e. The first-order valence-electron chi connectivity index (χ1n) is 11.4. The van der Waals surface area contributed by atoms with E-state index in [1.807, 2.05) is 10.3 Å². The third kappa shape index (κ3) is 7.79. The molecule has 1 aliphatic heterocycles. The second-order valence-corrected chi connectivity index (χ2v) is 11.7. The van der Waals surface area contributed by atoms with Crippen LogP contribution >= 0.6 is 11.3 Å². The monoisotopic (exact) mass is 514 g/mol. The summed E-state index contributed by atoms with van der Waals surface area (Å²) in [6.45, 7) is 2.19. The Bertz CT molecular complexity index is 981. The molecule has 1 saturated heterocycles. The Morgan fingerprint density at radius 2 is 1.62 bits per heavy atom. The Hall–Kier alpha value is -1.44. The Balaban J connectivity index is 1.30. The molecule has 0 spiro atoms. The molecule has 1 aromatic heterocycles. The third-order valence-corrected chi connectivity index (χ3v) is 7.94. The van der Waals surface area contributed by atoms with E-state index in [1.165, 1.54) is 17.6 Å². The van der Waals surface area contributed by atoms with Crippen LogP contribution < -0.4 is 0 Å². The lowest BCUT2D eigenvalue weighted by molar-refractivity contribution is -0.0894. The molecule has 0 radical (unpaired) electrons. The van der Waals surface area contributed by atoms with Crippen molar-refractivity contribution in [1.29, 1.82) is 0 Å². The molecule has 1 aliphatic rings. The summed E-state index contributed by atoms with van der Waals surface area (Å²) in [5.41, 5.74) is 1.71. The van der Waals surface area contributed by atoms with Gasteiger partial charge in [-0.25, -0.2) is 13.4 Å². The summed E-state index contributed by atoms with van der Waals surface area (Å²) in [4.78, 5) is 6.73. The quantitative estimate of drug-likeness (QED) is 0.324. The van der Waals surface area contributed by atoms with Crippen LogP contribution in [-0.4, -0.2) is 95.6 Å². The summed E-state index contributed by atoms with van der Waals surface area (Å²) in [5, 5.41) is 42.1. The van der Waals surface area contributed by atoms with Crippen LogP contribution in [0.25, 0.3) is 10.6 Å². The zero-order valence-corrected chi connectivity index (χ0v) is 20.9. The Morgan fingerprint density at radius 3 is 2.24 bits per heavy atom. The van der Waals surface area contributed by atoms with Gasteiger partial charge >= 0.3 is 0 Å². The van der Waals surface area contributed by atoms with E-state index < -0.39 is 34.3 Å². The van der Waals surface area contributed by atoms with Gasteiger partial charge in [0.25, 0.3) is 0 Å². The third-order valence-electron chi connectivity index (χ3n) is 5.87. The van der Waals surface area contributed by atoms with Crippen molar-refractivity contribution >= 4 is 21.2 Å². The van der Waals surface area contributed by atoms with E-state index in [9.17, 15) is 28.8 Å². The average Bonchev–Trinajstić information content (AvgIpc) is 3.24. The topological polar surface area (TPSA) is 140 Å². The van der Waals surface area contributed by atoms with Gasteiger partial charge in [-0.1, -0.05) is 25.0 Å². The molecule has 0 aliphatic carbocycles. The van der Waals surface area contributed by atoms with Crippen LogP contribution in [0.2, 0.25) is 0 Å². The number of hydrogen-bond donors (Lipinski definition) is 4. The van der Waals surface area contributed by atoms with E-state index in [1.54, 1.807) is 24.3 Å². The molecule has 34 heavy (non-hydrogen) atoms. The molecule has 2 aromatic rings. The fraction of sp³-hybridized carbons (Fsp3) is 0.609. The lowest BCUT2D eigenvalue weighted by Crippen LogP contribution is -2.43. The first-order valence-corrected chi connectivity index (χ1v) is 14.2. The molecule has 3 rings (SSSR count). The van der Waals surface area contributed by atoms with Gasteiger partial charge in [0.2, 0.25) is 0 Å². The molecule has 1 aromatic carbocycles. The van der Waals surface area contributed by atoms with Gasteiger partial charge in [0.15, 0.2) is 9.84 Å². The van der Waals surface area contributed by atoms with Gasteiger partial charge < -0.3 is 25.2 Å². The van der Waals surface area contributed by atoms with Crippen molar-refractivity contribution in [3.05, 3.63) is 35.3 Å². The van der Waals surface area contributed by atoms with E-state index in [0.717, 1.165) is 41.9 Å². The van der Waals surface area contributed by atoms with E-state index >= 15 is 0 Å². The number of benzene rings is 1. The number of thiazole rings is 1. The number of unbranched alkanes of at least 4 members (excludes halogenated alkanes) is 3. The summed E-state index contributed by atoms with van der Waals surface area (Å²) in [5.74, 6) is 0. The predicted octanol–water partition coefficient (Wildman–Crippen LogP) is 1.05. The van der Waals surface area contributed by atoms with Crippen LogP contribution in [-0.2, 0) is 21.2 Å². The van der Waals surface area contributed by atoms with Crippen LogP contribution in [0.5, 0.6) is 0 Å². The molecule has 2 heterocycles. The van der Waals surface area contributed by atoms with E-state index in [4.69, 9.17) is 4.74 Å². The van der Waals surface area contributed by atoms with Gasteiger partial charge in [0.1, 0.15) is 17.2 Å². The highest BCUT2D eigenvalue weighted by atomic mass is 32.2. The van der Waals surface area contributed by atoms with Gasteiger partial charge in [0, 0.05) is 36.9 Å². The number of ether oxygens (including phenoxy) is 1. The van der Waals surface area contributed by atoms with Gasteiger partial charge in [0.05, 0.1) is 29.4 Å². The van der Waals surface area contributed by atoms with Crippen LogP contribution in [0.4, 0.5) is 0 Å². The number of nitrogens with zero attached hydrogens (tertiary/aromatic N) is 2. The van der Waals surface area contributed by atoms with Crippen molar-refractivity contribution in [3.63, 3.8) is 0 Å². The molecular formula is C23H34N2O7S2. The number of hydrogen-bond acceptors (Lipinski definition) is 10. The fourth-order valence-electron chi connectivity index (χ4n) is 3.88. The minimum atomic E-state index is -3.21. The highest BCUT2D eigenvalue weighted by molar-refractivity contribution is 7.90. The normalized spacial score (nSPS) is 24.3. The highest BCUT2D eigenvalue weighted by Gasteiger charge is 2.35. The van der Waals surface area contributed by atoms with Gasteiger partial charge in [-0.3, -0.25) is 4.90 Å². The number of likely N-dealkylation sites (tertiary alicyclic amines) is 1. The Morgan fingerprint density at radius 1 is 1.00 bits per heavy atom. The molecular weight excluding hydrogens is 480 g/mol. The van der Waals surface area contributed by atoms with Crippen molar-refractivity contribution in [2.45, 2.75) is 61.6 Å². The number of β-amino-alcohol motifs (C(OH)–C–C–N with tert-alkyl or cyclic N) is 2. The fourth-order valence-corrected chi connectivity index (χ4v) is 5.32. The smallest absolute Gasteiger partial charge is 0.175 e. The molecule has 0 saturated carbocycles. The summed E-state index contributed by atoms with van der Waals surface area (Å²) in [6, 6.07) is 6.70. The number of sulfone groups is 1. The maximum absolute atomic E-state index is 11.6. The first kappa shape index (κ1) is 27.2. The van der Waals surface area contributed by atoms with Crippen molar-refractivity contribution in [2.24, 2.45) is 0 Å². The lowest BCUT2D eigenvalue weighted by Gasteiger charge is -2.23. The van der Waals surface area contributed by atoms with Crippen LogP contribution in [0.15, 0.2) is 34.5 Å². The van der Waals surface area contributed by atoms with E-state index in [-0.39, 0.29) is 18.0 Å². The van der Waals surface area contributed by atoms with Gasteiger partial charge in [-0.2, -0.15) is 0 Å². The second-order valence-electron chi connectivity index (χ2n) is 8.78. The number of aliphatic hydroxyl groups excluding tert-OH is 4.